The van der Waals surface area contributed by atoms with Gasteiger partial charge in [0.05, 0.1) is 0 Å². The van der Waals surface area contributed by atoms with Gasteiger partial charge in [0.15, 0.2) is 6.61 Å². The number of nitrogens with one attached hydrogen (secondary N) is 1. The average Bonchev–Trinajstić information content (AvgIpc) is 2.26. The molecule has 6 heteroatoms. The number of hydrogen-bond donors (Lipinski definition) is 2. The molecule has 0 aliphatic rings. The molecule has 0 radical (unpaired) electrons. The predicted molar refractivity (Wildman–Crippen MR) is 57.1 cm³/mol. The minimum atomic E-state index is -1.14. The lowest BCUT2D eigenvalue weighted by Crippen LogP contribution is -2.40. The number of hydrogen-bond acceptors (Lipinski definition) is 3. The van der Waals surface area contributed by atoms with Crippen LogP contribution in [-0.2, 0) is 9.59 Å². The van der Waals surface area contributed by atoms with Gasteiger partial charge < -0.3 is 15.2 Å². The number of halogens is 1. The van der Waals surface area contributed by atoms with Crippen molar-refractivity contribution in [3.8, 4) is 5.75 Å². The van der Waals surface area contributed by atoms with E-state index in [1.165, 1.54) is 25.1 Å². The number of amides is 1. The molecule has 1 amide bonds. The van der Waals surface area contributed by atoms with E-state index in [1.54, 1.807) is 0 Å². The van der Waals surface area contributed by atoms with Crippen molar-refractivity contribution in [2.45, 2.75) is 13.0 Å². The molecule has 5 nitrogen and oxygen atoms in total. The monoisotopic (exact) mass is 241 g/mol. The lowest BCUT2D eigenvalue weighted by Gasteiger charge is -2.10. The van der Waals surface area contributed by atoms with Crippen LogP contribution in [0.25, 0.3) is 0 Å². The van der Waals surface area contributed by atoms with Crippen LogP contribution in [-0.4, -0.2) is 29.6 Å². The zero-order chi connectivity index (χ0) is 12.8. The summed E-state index contributed by atoms with van der Waals surface area (Å²) in [6.45, 7) is 0.976. The molecule has 2 N–H and O–H groups in total. The van der Waals surface area contributed by atoms with Crippen molar-refractivity contribution in [3.05, 3.63) is 30.1 Å². The predicted octanol–water partition coefficient (Wildman–Crippen LogP) is 0.794. The molecule has 17 heavy (non-hydrogen) atoms. The highest BCUT2D eigenvalue weighted by Gasteiger charge is 2.13. The molecule has 1 aromatic rings. The summed E-state index contributed by atoms with van der Waals surface area (Å²) >= 11 is 0. The van der Waals surface area contributed by atoms with Crippen molar-refractivity contribution in [2.75, 3.05) is 6.61 Å². The molecule has 0 saturated heterocycles. The van der Waals surface area contributed by atoms with E-state index in [1.807, 2.05) is 0 Å². The summed E-state index contributed by atoms with van der Waals surface area (Å²) in [4.78, 5) is 21.7. The average molecular weight is 241 g/mol. The van der Waals surface area contributed by atoms with E-state index in [0.29, 0.717) is 0 Å². The van der Waals surface area contributed by atoms with Gasteiger partial charge in [-0.1, -0.05) is 6.07 Å². The number of benzene rings is 1. The van der Waals surface area contributed by atoms with Gasteiger partial charge in [0.25, 0.3) is 5.91 Å². The number of aliphatic carboxylic acids is 1. The van der Waals surface area contributed by atoms with Gasteiger partial charge >= 0.3 is 5.97 Å². The van der Waals surface area contributed by atoms with Gasteiger partial charge in [-0.25, -0.2) is 4.39 Å². The molecule has 1 atom stereocenters. The standard InChI is InChI=1S/C11H12FNO4/c1-7(11(15)16)13-10(14)6-17-9-4-2-3-8(12)5-9/h2-5,7H,6H2,1H3,(H,13,14)(H,15,16). The fourth-order valence-corrected chi connectivity index (χ4v) is 1.05. The maximum Gasteiger partial charge on any atom is 0.325 e. The second-order valence-corrected chi connectivity index (χ2v) is 3.37. The topological polar surface area (TPSA) is 75.6 Å². The largest absolute Gasteiger partial charge is 0.484 e. The van der Waals surface area contributed by atoms with E-state index in [0.717, 1.165) is 6.07 Å². The molecule has 0 aliphatic carbocycles. The van der Waals surface area contributed by atoms with Crippen molar-refractivity contribution in [2.24, 2.45) is 0 Å². The highest BCUT2D eigenvalue weighted by atomic mass is 19.1. The summed E-state index contributed by atoms with van der Waals surface area (Å²) in [7, 11) is 0. The van der Waals surface area contributed by atoms with Gasteiger partial charge in [-0.05, 0) is 19.1 Å². The van der Waals surface area contributed by atoms with Crippen LogP contribution < -0.4 is 10.1 Å². The zero-order valence-electron chi connectivity index (χ0n) is 9.14. The van der Waals surface area contributed by atoms with Gasteiger partial charge in [-0.2, -0.15) is 0 Å². The second kappa shape index (κ2) is 5.83. The quantitative estimate of drug-likeness (QED) is 0.799. The van der Waals surface area contributed by atoms with Gasteiger partial charge in [0.2, 0.25) is 0 Å². The summed E-state index contributed by atoms with van der Waals surface area (Å²) in [5.41, 5.74) is 0. The van der Waals surface area contributed by atoms with Crippen LogP contribution in [0.2, 0.25) is 0 Å². The van der Waals surface area contributed by atoms with Gasteiger partial charge in [0.1, 0.15) is 17.6 Å². The lowest BCUT2D eigenvalue weighted by molar-refractivity contribution is -0.141. The number of carbonyl (C=O) groups excluding carboxylic acids is 1. The fourth-order valence-electron chi connectivity index (χ4n) is 1.05. The van der Waals surface area contributed by atoms with Crippen LogP contribution in [0.15, 0.2) is 24.3 Å². The van der Waals surface area contributed by atoms with Crippen molar-refractivity contribution >= 4 is 11.9 Å². The Kier molecular flexibility index (Phi) is 4.45. The normalized spacial score (nSPS) is 11.6. The molecule has 0 saturated carbocycles. The number of carboxylic acid groups (broad SMARTS) is 1. The Labute approximate surface area is 97.2 Å². The summed E-state index contributed by atoms with van der Waals surface area (Å²) in [6, 6.07) is 4.34. The molecule has 1 aromatic carbocycles. The number of carboxylic acids is 1. The van der Waals surface area contributed by atoms with Crippen molar-refractivity contribution < 1.29 is 23.8 Å². The first-order valence-electron chi connectivity index (χ1n) is 4.89. The second-order valence-electron chi connectivity index (χ2n) is 3.37. The highest BCUT2D eigenvalue weighted by Crippen LogP contribution is 2.11. The Morgan fingerprint density at radius 2 is 2.24 bits per heavy atom. The Morgan fingerprint density at radius 1 is 1.53 bits per heavy atom. The fraction of sp³-hybridized carbons (Fsp3) is 0.273. The Balaban J connectivity index is 2.41. The SMILES string of the molecule is CC(NC(=O)COc1cccc(F)c1)C(=O)O. The van der Waals surface area contributed by atoms with Crippen molar-refractivity contribution in [3.63, 3.8) is 0 Å². The summed E-state index contributed by atoms with van der Waals surface area (Å²) in [5.74, 6) is -1.97. The third-order valence-electron chi connectivity index (χ3n) is 1.91. The third-order valence-corrected chi connectivity index (χ3v) is 1.91. The van der Waals surface area contributed by atoms with E-state index < -0.39 is 23.7 Å². The molecule has 1 unspecified atom stereocenters. The summed E-state index contributed by atoms with van der Waals surface area (Å²) in [5, 5.41) is 10.8. The first kappa shape index (κ1) is 13.0. The van der Waals surface area contributed by atoms with Crippen LogP contribution in [0, 0.1) is 5.82 Å². The van der Waals surface area contributed by atoms with Gasteiger partial charge in [-0.15, -0.1) is 0 Å². The Morgan fingerprint density at radius 3 is 2.82 bits per heavy atom. The molecule has 0 spiro atoms. The van der Waals surface area contributed by atoms with E-state index in [-0.39, 0.29) is 12.4 Å². The summed E-state index contributed by atoms with van der Waals surface area (Å²) < 4.78 is 17.7. The van der Waals surface area contributed by atoms with E-state index >= 15 is 0 Å². The maximum absolute atomic E-state index is 12.7. The van der Waals surface area contributed by atoms with Gasteiger partial charge in [0, 0.05) is 6.07 Å². The molecule has 0 heterocycles. The Hall–Kier alpha value is -2.11. The third kappa shape index (κ3) is 4.50. The van der Waals surface area contributed by atoms with E-state index in [2.05, 4.69) is 5.32 Å². The molecular weight excluding hydrogens is 229 g/mol. The zero-order valence-corrected chi connectivity index (χ0v) is 9.14. The number of carbonyl (C=O) groups is 2. The van der Waals surface area contributed by atoms with E-state index in [9.17, 15) is 14.0 Å². The molecule has 0 bridgehead atoms. The molecule has 1 rings (SSSR count). The van der Waals surface area contributed by atoms with Crippen LogP contribution in [0.3, 0.4) is 0 Å². The molecule has 92 valence electrons. The smallest absolute Gasteiger partial charge is 0.325 e. The first-order valence-corrected chi connectivity index (χ1v) is 4.89. The molecule has 0 aliphatic heterocycles. The summed E-state index contributed by atoms with van der Waals surface area (Å²) in [6.07, 6.45) is 0. The lowest BCUT2D eigenvalue weighted by atomic mass is 10.3. The highest BCUT2D eigenvalue weighted by molar-refractivity contribution is 5.84. The number of ether oxygens (including phenoxy) is 1. The number of rotatable bonds is 5. The molecular formula is C11H12FNO4. The van der Waals surface area contributed by atoms with Crippen LogP contribution in [0.5, 0.6) is 5.75 Å². The van der Waals surface area contributed by atoms with E-state index in [4.69, 9.17) is 9.84 Å². The maximum atomic E-state index is 12.7. The van der Waals surface area contributed by atoms with Crippen LogP contribution >= 0.6 is 0 Å². The molecule has 0 aromatic heterocycles. The van der Waals surface area contributed by atoms with Crippen molar-refractivity contribution in [1.29, 1.82) is 0 Å². The minimum Gasteiger partial charge on any atom is -0.484 e. The Bertz CT molecular complexity index is 422. The first-order chi connectivity index (χ1) is 7.99. The van der Waals surface area contributed by atoms with Gasteiger partial charge in [-0.3, -0.25) is 9.59 Å². The van der Waals surface area contributed by atoms with Crippen molar-refractivity contribution in [1.82, 2.24) is 5.32 Å². The molecule has 0 fully saturated rings. The minimum absolute atomic E-state index is 0.211. The van der Waals surface area contributed by atoms with Crippen LogP contribution in [0.1, 0.15) is 6.92 Å². The van der Waals surface area contributed by atoms with Crippen LogP contribution in [0.4, 0.5) is 4.39 Å².